The molecule has 0 bridgehead atoms. The lowest BCUT2D eigenvalue weighted by Crippen LogP contribution is -2.20. The quantitative estimate of drug-likeness (QED) is 0.800. The summed E-state index contributed by atoms with van der Waals surface area (Å²) in [4.78, 5) is 11.8. The lowest BCUT2D eigenvalue weighted by atomic mass is 10.2. The molecule has 21 heavy (non-hydrogen) atoms. The van der Waals surface area contributed by atoms with Gasteiger partial charge in [0.05, 0.1) is 5.02 Å². The number of benzene rings is 2. The van der Waals surface area contributed by atoms with Crippen molar-refractivity contribution in [1.29, 1.82) is 0 Å². The van der Waals surface area contributed by atoms with Gasteiger partial charge >= 0.3 is 0 Å². The molecule has 4 nitrogen and oxygen atoms in total. The Bertz CT molecular complexity index is 677. The number of hydrogen-bond donors (Lipinski definition) is 2. The van der Waals surface area contributed by atoms with E-state index in [1.807, 2.05) is 13.0 Å². The van der Waals surface area contributed by atoms with Gasteiger partial charge in [-0.05, 0) is 42.8 Å². The van der Waals surface area contributed by atoms with Gasteiger partial charge in [0.15, 0.2) is 6.61 Å². The summed E-state index contributed by atoms with van der Waals surface area (Å²) in [7, 11) is 0. The maximum Gasteiger partial charge on any atom is 0.262 e. The molecule has 6 heteroatoms. The first-order valence-electron chi connectivity index (χ1n) is 6.19. The molecule has 0 fully saturated rings. The first kappa shape index (κ1) is 15.7. The van der Waals surface area contributed by atoms with Gasteiger partial charge in [-0.3, -0.25) is 4.79 Å². The molecule has 2 aromatic carbocycles. The minimum Gasteiger partial charge on any atom is -0.482 e. The second-order valence-corrected chi connectivity index (χ2v) is 5.81. The molecule has 0 spiro atoms. The SMILES string of the molecule is Cc1ccc(NC(=O)COc2cc(Br)ccc2Cl)cc1N. The van der Waals surface area contributed by atoms with E-state index < -0.39 is 0 Å². The molecule has 0 aliphatic heterocycles. The lowest BCUT2D eigenvalue weighted by molar-refractivity contribution is -0.118. The third-order valence-corrected chi connectivity index (χ3v) is 3.62. The van der Waals surface area contributed by atoms with Crippen LogP contribution in [-0.4, -0.2) is 12.5 Å². The summed E-state index contributed by atoms with van der Waals surface area (Å²) in [5, 5.41) is 3.17. The van der Waals surface area contributed by atoms with Crippen LogP contribution in [-0.2, 0) is 4.79 Å². The molecule has 2 aromatic rings. The standard InChI is InChI=1S/C15H14BrClN2O2/c1-9-2-4-11(7-13(9)18)19-15(20)8-21-14-6-10(16)3-5-12(14)17/h2-7H,8,18H2,1H3,(H,19,20). The number of carbonyl (C=O) groups is 1. The van der Waals surface area contributed by atoms with E-state index in [2.05, 4.69) is 21.2 Å². The number of nitrogens with two attached hydrogens (primary N) is 1. The van der Waals surface area contributed by atoms with Gasteiger partial charge < -0.3 is 15.8 Å². The Balaban J connectivity index is 1.95. The zero-order valence-electron chi connectivity index (χ0n) is 11.3. The van der Waals surface area contributed by atoms with Crippen LogP contribution in [0.1, 0.15) is 5.56 Å². The summed E-state index contributed by atoms with van der Waals surface area (Å²) in [5.41, 5.74) is 8.02. The van der Waals surface area contributed by atoms with Crippen molar-refractivity contribution < 1.29 is 9.53 Å². The molecule has 0 radical (unpaired) electrons. The normalized spacial score (nSPS) is 10.2. The van der Waals surface area contributed by atoms with E-state index in [0.29, 0.717) is 22.1 Å². The van der Waals surface area contributed by atoms with E-state index in [4.69, 9.17) is 22.1 Å². The highest BCUT2D eigenvalue weighted by atomic mass is 79.9. The van der Waals surface area contributed by atoms with Crippen LogP contribution in [0.15, 0.2) is 40.9 Å². The monoisotopic (exact) mass is 368 g/mol. The second-order valence-electron chi connectivity index (χ2n) is 4.48. The van der Waals surface area contributed by atoms with Gasteiger partial charge in [-0.1, -0.05) is 33.6 Å². The molecular formula is C15H14BrClN2O2. The number of carbonyl (C=O) groups excluding carboxylic acids is 1. The number of aryl methyl sites for hydroxylation is 1. The largest absolute Gasteiger partial charge is 0.482 e. The molecule has 0 aromatic heterocycles. The molecule has 0 aliphatic carbocycles. The number of nitrogen functional groups attached to an aromatic ring is 1. The van der Waals surface area contributed by atoms with Crippen LogP contribution >= 0.6 is 27.5 Å². The molecule has 0 aliphatic rings. The van der Waals surface area contributed by atoms with Gasteiger partial charge in [0.2, 0.25) is 0 Å². The van der Waals surface area contributed by atoms with Crippen molar-refractivity contribution in [3.8, 4) is 5.75 Å². The predicted molar refractivity (Wildman–Crippen MR) is 88.9 cm³/mol. The van der Waals surface area contributed by atoms with Crippen LogP contribution in [0.3, 0.4) is 0 Å². The number of halogens is 2. The molecule has 110 valence electrons. The predicted octanol–water partition coefficient (Wildman–Crippen LogP) is 4.01. The molecule has 1 amide bonds. The lowest BCUT2D eigenvalue weighted by Gasteiger charge is -2.10. The van der Waals surface area contributed by atoms with Gasteiger partial charge in [0, 0.05) is 15.8 Å². The number of ether oxygens (including phenoxy) is 1. The van der Waals surface area contributed by atoms with E-state index in [0.717, 1.165) is 10.0 Å². The van der Waals surface area contributed by atoms with E-state index >= 15 is 0 Å². The zero-order valence-corrected chi connectivity index (χ0v) is 13.7. The number of anilines is 2. The summed E-state index contributed by atoms with van der Waals surface area (Å²) >= 11 is 9.30. The molecule has 2 rings (SSSR count). The van der Waals surface area contributed by atoms with Crippen molar-refractivity contribution in [1.82, 2.24) is 0 Å². The van der Waals surface area contributed by atoms with Gasteiger partial charge in [-0.15, -0.1) is 0 Å². The Kier molecular flexibility index (Phi) is 5.09. The fourth-order valence-corrected chi connectivity index (χ4v) is 2.16. The van der Waals surface area contributed by atoms with Gasteiger partial charge in [0.1, 0.15) is 5.75 Å². The first-order chi connectivity index (χ1) is 9.95. The van der Waals surface area contributed by atoms with Crippen LogP contribution in [0.25, 0.3) is 0 Å². The van der Waals surface area contributed by atoms with E-state index in [1.165, 1.54) is 0 Å². The minimum absolute atomic E-state index is 0.135. The van der Waals surface area contributed by atoms with Crippen LogP contribution in [0.4, 0.5) is 11.4 Å². The van der Waals surface area contributed by atoms with Gasteiger partial charge in [-0.2, -0.15) is 0 Å². The molecular weight excluding hydrogens is 356 g/mol. The topological polar surface area (TPSA) is 64.3 Å². The van der Waals surface area contributed by atoms with Crippen molar-refractivity contribution in [2.75, 3.05) is 17.7 Å². The average Bonchev–Trinajstić information content (AvgIpc) is 2.44. The van der Waals surface area contributed by atoms with Crippen molar-refractivity contribution in [2.45, 2.75) is 6.92 Å². The highest BCUT2D eigenvalue weighted by Crippen LogP contribution is 2.27. The van der Waals surface area contributed by atoms with Crippen molar-refractivity contribution in [3.05, 3.63) is 51.5 Å². The minimum atomic E-state index is -0.283. The summed E-state index contributed by atoms with van der Waals surface area (Å²) in [5.74, 6) is 0.166. The first-order valence-corrected chi connectivity index (χ1v) is 7.36. The number of amides is 1. The molecule has 0 unspecified atom stereocenters. The summed E-state index contributed by atoms with van der Waals surface area (Å²) < 4.78 is 6.23. The fourth-order valence-electron chi connectivity index (χ4n) is 1.65. The summed E-state index contributed by atoms with van der Waals surface area (Å²) in [6.45, 7) is 1.77. The third-order valence-electron chi connectivity index (χ3n) is 2.82. The highest BCUT2D eigenvalue weighted by molar-refractivity contribution is 9.10. The molecule has 0 saturated carbocycles. The van der Waals surface area contributed by atoms with Crippen molar-refractivity contribution >= 4 is 44.8 Å². The Hall–Kier alpha value is -1.72. The van der Waals surface area contributed by atoms with Gasteiger partial charge in [0.25, 0.3) is 5.91 Å². The highest BCUT2D eigenvalue weighted by Gasteiger charge is 2.07. The average molecular weight is 370 g/mol. The maximum absolute atomic E-state index is 11.8. The Morgan fingerprint density at radius 3 is 2.81 bits per heavy atom. The molecule has 3 N–H and O–H groups in total. The van der Waals surface area contributed by atoms with Crippen LogP contribution < -0.4 is 15.8 Å². The maximum atomic E-state index is 11.8. The number of hydrogen-bond acceptors (Lipinski definition) is 3. The Morgan fingerprint density at radius 2 is 2.10 bits per heavy atom. The summed E-state index contributed by atoms with van der Waals surface area (Å²) in [6.07, 6.45) is 0. The van der Waals surface area contributed by atoms with E-state index in [-0.39, 0.29) is 12.5 Å². The Labute approximate surface area is 136 Å². The van der Waals surface area contributed by atoms with Gasteiger partial charge in [-0.25, -0.2) is 0 Å². The second kappa shape index (κ2) is 6.83. The zero-order chi connectivity index (χ0) is 15.4. The van der Waals surface area contributed by atoms with E-state index in [9.17, 15) is 4.79 Å². The Morgan fingerprint density at radius 1 is 1.33 bits per heavy atom. The molecule has 0 atom stereocenters. The van der Waals surface area contributed by atoms with Crippen LogP contribution in [0, 0.1) is 6.92 Å². The number of nitrogens with one attached hydrogen (secondary N) is 1. The fraction of sp³-hybridized carbons (Fsp3) is 0.133. The van der Waals surface area contributed by atoms with Crippen molar-refractivity contribution in [3.63, 3.8) is 0 Å². The molecule has 0 heterocycles. The molecule has 0 saturated heterocycles. The number of rotatable bonds is 4. The third kappa shape index (κ3) is 4.37. The van der Waals surface area contributed by atoms with Crippen LogP contribution in [0.2, 0.25) is 5.02 Å². The smallest absolute Gasteiger partial charge is 0.262 e. The summed E-state index contributed by atoms with van der Waals surface area (Å²) in [6, 6.07) is 10.5. The van der Waals surface area contributed by atoms with E-state index in [1.54, 1.807) is 30.3 Å². The van der Waals surface area contributed by atoms with Crippen molar-refractivity contribution in [2.24, 2.45) is 0 Å². The van der Waals surface area contributed by atoms with Crippen LogP contribution in [0.5, 0.6) is 5.75 Å².